The molecule has 9 heteroatoms. The molecule has 0 aliphatic carbocycles. The van der Waals surface area contributed by atoms with Crippen LogP contribution >= 0.6 is 0 Å². The summed E-state index contributed by atoms with van der Waals surface area (Å²) in [5.41, 5.74) is 5.66. The highest BCUT2D eigenvalue weighted by atomic mass is 16.5. The van der Waals surface area contributed by atoms with Crippen LogP contribution in [0.15, 0.2) is 67.0 Å². The second-order valence-corrected chi connectivity index (χ2v) is 8.71. The average molecular weight is 466 g/mol. The molecule has 9 nitrogen and oxygen atoms in total. The standard InChI is InChI=1S/C26H23N7O2/c1-16-6-5-7-18(12-16)14-35-21-9-4-3-8-19(21)20-13-24(34)28-26-25(20)17(2)30-33(26)23-11-10-22-29-27-15-32(22)31-23/h3-12,15,20H,13-14H2,1-2H3,(H,28,34). The summed E-state index contributed by atoms with van der Waals surface area (Å²) in [4.78, 5) is 12.9. The maximum Gasteiger partial charge on any atom is 0.226 e. The number of ether oxygens (including phenoxy) is 1. The third-order valence-electron chi connectivity index (χ3n) is 6.24. The van der Waals surface area contributed by atoms with Gasteiger partial charge in [-0.15, -0.1) is 15.3 Å². The molecule has 1 unspecified atom stereocenters. The van der Waals surface area contributed by atoms with Crippen molar-refractivity contribution in [2.45, 2.75) is 32.8 Å². The third-order valence-corrected chi connectivity index (χ3v) is 6.24. The summed E-state index contributed by atoms with van der Waals surface area (Å²) in [7, 11) is 0. The largest absolute Gasteiger partial charge is 0.489 e. The zero-order valence-electron chi connectivity index (χ0n) is 19.3. The molecule has 6 rings (SSSR count). The van der Waals surface area contributed by atoms with Crippen molar-refractivity contribution in [1.29, 1.82) is 0 Å². The van der Waals surface area contributed by atoms with E-state index in [9.17, 15) is 4.79 Å². The number of carbonyl (C=O) groups is 1. The van der Waals surface area contributed by atoms with Gasteiger partial charge in [-0.2, -0.15) is 14.3 Å². The van der Waals surface area contributed by atoms with E-state index in [2.05, 4.69) is 45.7 Å². The lowest BCUT2D eigenvalue weighted by Crippen LogP contribution is -2.25. The number of nitrogens with zero attached hydrogens (tertiary/aromatic N) is 6. The van der Waals surface area contributed by atoms with Crippen molar-refractivity contribution in [3.05, 3.63) is 94.9 Å². The number of carbonyl (C=O) groups excluding carboxylic acids is 1. The molecule has 5 aromatic rings. The SMILES string of the molecule is Cc1cccc(COc2ccccc2C2CC(=O)Nc3c2c(C)nn3-c2ccc3nncn3n2)c1. The second kappa shape index (κ2) is 8.35. The number of hydrogen-bond donors (Lipinski definition) is 1. The third kappa shape index (κ3) is 3.80. The Hall–Kier alpha value is -4.53. The van der Waals surface area contributed by atoms with Crippen molar-refractivity contribution in [2.24, 2.45) is 0 Å². The second-order valence-electron chi connectivity index (χ2n) is 8.71. The van der Waals surface area contributed by atoms with Crippen molar-refractivity contribution in [3.8, 4) is 11.6 Å². The van der Waals surface area contributed by atoms with E-state index in [1.165, 1.54) is 11.9 Å². The lowest BCUT2D eigenvalue weighted by molar-refractivity contribution is -0.116. The predicted octanol–water partition coefficient (Wildman–Crippen LogP) is 3.98. The van der Waals surface area contributed by atoms with Crippen LogP contribution in [-0.2, 0) is 11.4 Å². The van der Waals surface area contributed by atoms with Crippen LogP contribution in [0.5, 0.6) is 5.75 Å². The monoisotopic (exact) mass is 465 g/mol. The molecule has 1 aliphatic heterocycles. The Bertz CT molecular complexity index is 1570. The van der Waals surface area contributed by atoms with Crippen molar-refractivity contribution in [2.75, 3.05) is 5.32 Å². The molecule has 0 saturated heterocycles. The summed E-state index contributed by atoms with van der Waals surface area (Å²) in [6.45, 7) is 4.47. The number of nitrogens with one attached hydrogen (secondary N) is 1. The Morgan fingerprint density at radius 3 is 2.83 bits per heavy atom. The van der Waals surface area contributed by atoms with Gasteiger partial charge >= 0.3 is 0 Å². The molecule has 1 amide bonds. The van der Waals surface area contributed by atoms with E-state index in [1.807, 2.05) is 49.4 Å². The van der Waals surface area contributed by atoms with Gasteiger partial charge in [-0.1, -0.05) is 48.0 Å². The quantitative estimate of drug-likeness (QED) is 0.422. The van der Waals surface area contributed by atoms with Crippen LogP contribution in [0.2, 0.25) is 0 Å². The normalized spacial score (nSPS) is 15.1. The van der Waals surface area contributed by atoms with E-state index in [1.54, 1.807) is 9.20 Å². The van der Waals surface area contributed by atoms with E-state index in [0.717, 1.165) is 28.1 Å². The number of para-hydroxylation sites is 1. The van der Waals surface area contributed by atoms with Gasteiger partial charge in [0, 0.05) is 23.5 Å². The van der Waals surface area contributed by atoms with Gasteiger partial charge in [-0.25, -0.2) is 0 Å². The first-order valence-corrected chi connectivity index (χ1v) is 11.4. The lowest BCUT2D eigenvalue weighted by atomic mass is 9.85. The highest BCUT2D eigenvalue weighted by Crippen LogP contribution is 2.43. The number of anilines is 1. The van der Waals surface area contributed by atoms with Gasteiger partial charge in [-0.3, -0.25) is 4.79 Å². The number of benzene rings is 2. The first-order chi connectivity index (χ1) is 17.1. The molecule has 0 saturated carbocycles. The Morgan fingerprint density at radius 1 is 1.06 bits per heavy atom. The Labute approximate surface area is 201 Å². The number of amides is 1. The van der Waals surface area contributed by atoms with Gasteiger partial charge < -0.3 is 10.1 Å². The van der Waals surface area contributed by atoms with Crippen LogP contribution < -0.4 is 10.1 Å². The summed E-state index contributed by atoms with van der Waals surface area (Å²) >= 11 is 0. The summed E-state index contributed by atoms with van der Waals surface area (Å²) in [6, 6.07) is 19.8. The first kappa shape index (κ1) is 21.0. The van der Waals surface area contributed by atoms with Crippen molar-refractivity contribution in [1.82, 2.24) is 29.6 Å². The van der Waals surface area contributed by atoms with Gasteiger partial charge in [0.2, 0.25) is 5.91 Å². The zero-order chi connectivity index (χ0) is 23.9. The topological polar surface area (TPSA) is 99.2 Å². The van der Waals surface area contributed by atoms with Crippen molar-refractivity contribution in [3.63, 3.8) is 0 Å². The molecule has 1 atom stereocenters. The molecular formula is C26H23N7O2. The fraction of sp³-hybridized carbons (Fsp3) is 0.192. The molecule has 1 aliphatic rings. The number of hydrogen-bond acceptors (Lipinski definition) is 6. The van der Waals surface area contributed by atoms with E-state index in [4.69, 9.17) is 9.84 Å². The van der Waals surface area contributed by atoms with Crippen molar-refractivity contribution >= 4 is 17.4 Å². The van der Waals surface area contributed by atoms with E-state index in [0.29, 0.717) is 30.3 Å². The molecular weight excluding hydrogens is 442 g/mol. The molecule has 3 aromatic heterocycles. The lowest BCUT2D eigenvalue weighted by Gasteiger charge is -2.26. The fourth-order valence-corrected chi connectivity index (χ4v) is 4.67. The van der Waals surface area contributed by atoms with Crippen LogP contribution in [0, 0.1) is 13.8 Å². The first-order valence-electron chi connectivity index (χ1n) is 11.4. The van der Waals surface area contributed by atoms with Crippen LogP contribution in [-0.4, -0.2) is 35.5 Å². The number of fused-ring (bicyclic) bond motifs is 2. The summed E-state index contributed by atoms with van der Waals surface area (Å²) in [5.74, 6) is 1.67. The van der Waals surface area contributed by atoms with Crippen LogP contribution in [0.25, 0.3) is 11.5 Å². The van der Waals surface area contributed by atoms with Gasteiger partial charge in [0.1, 0.15) is 24.5 Å². The molecule has 1 N–H and O–H groups in total. The van der Waals surface area contributed by atoms with Crippen LogP contribution in [0.3, 0.4) is 0 Å². The van der Waals surface area contributed by atoms with E-state index in [-0.39, 0.29) is 11.8 Å². The smallest absolute Gasteiger partial charge is 0.226 e. The minimum absolute atomic E-state index is 0.0810. The molecule has 35 heavy (non-hydrogen) atoms. The highest BCUT2D eigenvalue weighted by Gasteiger charge is 2.34. The summed E-state index contributed by atoms with van der Waals surface area (Å²) < 4.78 is 9.51. The minimum atomic E-state index is -0.195. The highest BCUT2D eigenvalue weighted by molar-refractivity contribution is 5.95. The minimum Gasteiger partial charge on any atom is -0.489 e. The summed E-state index contributed by atoms with van der Waals surface area (Å²) in [6.07, 6.45) is 1.84. The number of rotatable bonds is 5. The van der Waals surface area contributed by atoms with Crippen molar-refractivity contribution < 1.29 is 9.53 Å². The molecule has 0 spiro atoms. The number of aromatic nitrogens is 6. The van der Waals surface area contributed by atoms with Crippen LogP contribution in [0.1, 0.15) is 40.3 Å². The van der Waals surface area contributed by atoms with Crippen LogP contribution in [0.4, 0.5) is 5.82 Å². The summed E-state index contributed by atoms with van der Waals surface area (Å²) in [5, 5.41) is 20.2. The molecule has 0 fully saturated rings. The molecule has 0 radical (unpaired) electrons. The molecule has 2 aromatic carbocycles. The Balaban J connectivity index is 1.39. The molecule has 4 heterocycles. The Morgan fingerprint density at radius 2 is 1.94 bits per heavy atom. The fourth-order valence-electron chi connectivity index (χ4n) is 4.67. The Kier molecular flexibility index (Phi) is 5.02. The van der Waals surface area contributed by atoms with Gasteiger partial charge in [0.05, 0.1) is 5.69 Å². The maximum absolute atomic E-state index is 12.9. The molecule has 0 bridgehead atoms. The average Bonchev–Trinajstić information content (AvgIpc) is 3.46. The van der Waals surface area contributed by atoms with E-state index < -0.39 is 0 Å². The maximum atomic E-state index is 12.9. The van der Waals surface area contributed by atoms with E-state index >= 15 is 0 Å². The number of aryl methyl sites for hydroxylation is 2. The zero-order valence-corrected chi connectivity index (χ0v) is 19.3. The van der Waals surface area contributed by atoms with Gasteiger partial charge in [0.25, 0.3) is 0 Å². The predicted molar refractivity (Wildman–Crippen MR) is 130 cm³/mol. The van der Waals surface area contributed by atoms with Gasteiger partial charge in [-0.05, 0) is 37.6 Å². The van der Waals surface area contributed by atoms with Gasteiger partial charge in [0.15, 0.2) is 11.5 Å². The molecule has 174 valence electrons.